The minimum absolute atomic E-state index is 0.803. The molecule has 0 atom stereocenters. The van der Waals surface area contributed by atoms with Crippen LogP contribution in [0.15, 0.2) is 36.0 Å². The molecule has 0 fully saturated rings. The smallest absolute Gasteiger partial charge is 0.0962 e. The predicted molar refractivity (Wildman–Crippen MR) is 70.3 cm³/mol. The van der Waals surface area contributed by atoms with Gasteiger partial charge in [-0.2, -0.15) is 0 Å². The van der Waals surface area contributed by atoms with Gasteiger partial charge in [-0.25, -0.2) is 9.97 Å². The van der Waals surface area contributed by atoms with Crippen molar-refractivity contribution in [1.82, 2.24) is 14.5 Å². The maximum atomic E-state index is 4.58. The lowest BCUT2D eigenvalue weighted by molar-refractivity contribution is 0.798. The zero-order chi connectivity index (χ0) is 11.7. The molecule has 0 N–H and O–H groups in total. The number of nitrogens with zero attached hydrogens (tertiary/aromatic N) is 3. The molecule has 0 saturated heterocycles. The Hall–Kier alpha value is -1.68. The van der Waals surface area contributed by atoms with E-state index in [1.165, 1.54) is 10.5 Å². The van der Waals surface area contributed by atoms with Gasteiger partial charge in [0, 0.05) is 5.38 Å². The van der Waals surface area contributed by atoms with Crippen molar-refractivity contribution in [2.24, 2.45) is 0 Å². The summed E-state index contributed by atoms with van der Waals surface area (Å²) in [5.74, 6) is 0. The Morgan fingerprint density at radius 3 is 3.00 bits per heavy atom. The summed E-state index contributed by atoms with van der Waals surface area (Å²) in [5, 5.41) is 3.33. The number of rotatable bonds is 3. The summed E-state index contributed by atoms with van der Waals surface area (Å²) in [6.45, 7) is 2.94. The highest BCUT2D eigenvalue weighted by Crippen LogP contribution is 2.16. The molecule has 1 aromatic carbocycles. The Labute approximate surface area is 104 Å². The van der Waals surface area contributed by atoms with Gasteiger partial charge in [-0.1, -0.05) is 19.1 Å². The van der Waals surface area contributed by atoms with Gasteiger partial charge in [-0.05, 0) is 18.6 Å². The minimum Gasteiger partial charge on any atom is -0.324 e. The molecule has 0 aliphatic carbocycles. The maximum absolute atomic E-state index is 4.58. The molecule has 0 unspecified atom stereocenters. The monoisotopic (exact) mass is 243 g/mol. The highest BCUT2D eigenvalue weighted by atomic mass is 32.1. The maximum Gasteiger partial charge on any atom is 0.0962 e. The lowest BCUT2D eigenvalue weighted by atomic mass is 10.3. The predicted octanol–water partition coefficient (Wildman–Crippen LogP) is 3.10. The minimum atomic E-state index is 0.803. The van der Waals surface area contributed by atoms with Gasteiger partial charge in [-0.3, -0.25) is 0 Å². The van der Waals surface area contributed by atoms with Crippen LogP contribution in [-0.4, -0.2) is 14.5 Å². The Morgan fingerprint density at radius 1 is 1.29 bits per heavy atom. The van der Waals surface area contributed by atoms with Crippen LogP contribution >= 0.6 is 11.3 Å². The lowest BCUT2D eigenvalue weighted by Gasteiger charge is -2.00. The second kappa shape index (κ2) is 4.30. The summed E-state index contributed by atoms with van der Waals surface area (Å²) in [6, 6.07) is 8.18. The summed E-state index contributed by atoms with van der Waals surface area (Å²) in [6.07, 6.45) is 2.89. The Kier molecular flexibility index (Phi) is 2.65. The quantitative estimate of drug-likeness (QED) is 0.707. The van der Waals surface area contributed by atoms with Crippen molar-refractivity contribution in [3.8, 4) is 0 Å². The van der Waals surface area contributed by atoms with Crippen LogP contribution in [0, 0.1) is 0 Å². The molecule has 2 aromatic heterocycles. The summed E-state index contributed by atoms with van der Waals surface area (Å²) in [5.41, 5.74) is 3.33. The van der Waals surface area contributed by atoms with Crippen LogP contribution in [0.2, 0.25) is 0 Å². The number of benzene rings is 1. The standard InChI is InChI=1S/C13H13N3S/c1-2-13-15-10(8-17-13)7-16-9-14-11-5-3-4-6-12(11)16/h3-6,8-9H,2,7H2,1H3. The molecular weight excluding hydrogens is 230 g/mol. The van der Waals surface area contributed by atoms with Crippen molar-refractivity contribution in [3.05, 3.63) is 46.7 Å². The molecule has 4 heteroatoms. The van der Waals surface area contributed by atoms with E-state index in [0.717, 1.165) is 24.2 Å². The molecule has 0 amide bonds. The van der Waals surface area contributed by atoms with Crippen LogP contribution in [0.4, 0.5) is 0 Å². The highest BCUT2D eigenvalue weighted by Gasteiger charge is 2.04. The number of para-hydroxylation sites is 2. The van der Waals surface area contributed by atoms with Crippen LogP contribution in [0.25, 0.3) is 11.0 Å². The van der Waals surface area contributed by atoms with Gasteiger partial charge in [0.2, 0.25) is 0 Å². The summed E-state index contributed by atoms with van der Waals surface area (Å²) < 4.78 is 2.14. The third-order valence-electron chi connectivity index (χ3n) is 2.76. The summed E-state index contributed by atoms with van der Waals surface area (Å²) >= 11 is 1.73. The first kappa shape index (κ1) is 10.5. The summed E-state index contributed by atoms with van der Waals surface area (Å²) in [4.78, 5) is 8.96. The van der Waals surface area contributed by atoms with Gasteiger partial charge in [0.1, 0.15) is 0 Å². The molecule has 3 rings (SSSR count). The van der Waals surface area contributed by atoms with Crippen LogP contribution < -0.4 is 0 Å². The molecule has 17 heavy (non-hydrogen) atoms. The van der Waals surface area contributed by atoms with Gasteiger partial charge in [0.05, 0.1) is 34.6 Å². The first-order chi connectivity index (χ1) is 8.36. The van der Waals surface area contributed by atoms with Gasteiger partial charge < -0.3 is 4.57 Å². The first-order valence-electron chi connectivity index (χ1n) is 5.70. The molecule has 2 heterocycles. The van der Waals surface area contributed by atoms with E-state index in [2.05, 4.69) is 32.9 Å². The van der Waals surface area contributed by atoms with Crippen molar-refractivity contribution in [1.29, 1.82) is 0 Å². The third-order valence-corrected chi connectivity index (χ3v) is 3.80. The second-order valence-corrected chi connectivity index (χ2v) is 4.89. The van der Waals surface area contributed by atoms with Crippen molar-refractivity contribution < 1.29 is 0 Å². The fourth-order valence-electron chi connectivity index (χ4n) is 1.89. The van der Waals surface area contributed by atoms with E-state index in [9.17, 15) is 0 Å². The molecule has 0 aliphatic rings. The topological polar surface area (TPSA) is 30.7 Å². The van der Waals surface area contributed by atoms with Crippen LogP contribution in [0.3, 0.4) is 0 Å². The van der Waals surface area contributed by atoms with Crippen molar-refractivity contribution >= 4 is 22.4 Å². The number of thiazole rings is 1. The van der Waals surface area contributed by atoms with E-state index >= 15 is 0 Å². The zero-order valence-corrected chi connectivity index (χ0v) is 10.4. The van der Waals surface area contributed by atoms with E-state index in [0.29, 0.717) is 0 Å². The van der Waals surface area contributed by atoms with Gasteiger partial charge in [-0.15, -0.1) is 11.3 Å². The van der Waals surface area contributed by atoms with Crippen molar-refractivity contribution in [3.63, 3.8) is 0 Å². The number of aryl methyl sites for hydroxylation is 1. The second-order valence-electron chi connectivity index (χ2n) is 3.95. The number of aromatic nitrogens is 3. The number of imidazole rings is 1. The first-order valence-corrected chi connectivity index (χ1v) is 6.58. The Morgan fingerprint density at radius 2 is 2.18 bits per heavy atom. The van der Waals surface area contributed by atoms with Crippen LogP contribution in [0.5, 0.6) is 0 Å². The van der Waals surface area contributed by atoms with Gasteiger partial charge in [0.15, 0.2) is 0 Å². The number of hydrogen-bond donors (Lipinski definition) is 0. The number of fused-ring (bicyclic) bond motifs is 1. The van der Waals surface area contributed by atoms with Gasteiger partial charge >= 0.3 is 0 Å². The fraction of sp³-hybridized carbons (Fsp3) is 0.231. The Balaban J connectivity index is 1.94. The van der Waals surface area contributed by atoms with Crippen LogP contribution in [-0.2, 0) is 13.0 Å². The largest absolute Gasteiger partial charge is 0.324 e. The Bertz CT molecular complexity index is 639. The number of hydrogen-bond acceptors (Lipinski definition) is 3. The van der Waals surface area contributed by atoms with E-state index in [-0.39, 0.29) is 0 Å². The molecule has 86 valence electrons. The molecule has 0 spiro atoms. The van der Waals surface area contributed by atoms with E-state index in [1.54, 1.807) is 11.3 Å². The molecule has 3 aromatic rings. The molecule has 0 aliphatic heterocycles. The normalized spacial score (nSPS) is 11.1. The highest BCUT2D eigenvalue weighted by molar-refractivity contribution is 7.09. The summed E-state index contributed by atoms with van der Waals surface area (Å²) in [7, 11) is 0. The van der Waals surface area contributed by atoms with Crippen LogP contribution in [0.1, 0.15) is 17.6 Å². The molecule has 0 bridgehead atoms. The SMILES string of the molecule is CCc1nc(Cn2cnc3ccccc32)cs1. The van der Waals surface area contributed by atoms with E-state index < -0.39 is 0 Å². The molecule has 0 saturated carbocycles. The average molecular weight is 243 g/mol. The van der Waals surface area contributed by atoms with Gasteiger partial charge in [0.25, 0.3) is 0 Å². The zero-order valence-electron chi connectivity index (χ0n) is 9.63. The van der Waals surface area contributed by atoms with E-state index in [4.69, 9.17) is 0 Å². The average Bonchev–Trinajstić information content (AvgIpc) is 2.97. The molecular formula is C13H13N3S. The fourth-order valence-corrected chi connectivity index (χ4v) is 2.63. The molecule has 3 nitrogen and oxygen atoms in total. The van der Waals surface area contributed by atoms with E-state index in [1.807, 2.05) is 24.5 Å². The third kappa shape index (κ3) is 1.96. The van der Waals surface area contributed by atoms with Crippen molar-refractivity contribution in [2.45, 2.75) is 19.9 Å². The molecule has 0 radical (unpaired) electrons. The lowest BCUT2D eigenvalue weighted by Crippen LogP contribution is -1.98. The van der Waals surface area contributed by atoms with Crippen molar-refractivity contribution in [2.75, 3.05) is 0 Å².